The molecule has 1 aromatic carbocycles. The van der Waals surface area contributed by atoms with Crippen molar-refractivity contribution in [3.63, 3.8) is 0 Å². The lowest BCUT2D eigenvalue weighted by Gasteiger charge is -2.36. The van der Waals surface area contributed by atoms with Crippen molar-refractivity contribution in [2.45, 2.75) is 49.6 Å². The zero-order valence-electron chi connectivity index (χ0n) is 21.3. The number of rotatable bonds is 9. The fourth-order valence-corrected chi connectivity index (χ4v) is 5.66. The summed E-state index contributed by atoms with van der Waals surface area (Å²) in [5, 5.41) is 3.38. The Balaban J connectivity index is 0.00000420. The molecule has 1 N–H and O–H groups in total. The van der Waals surface area contributed by atoms with Gasteiger partial charge in [-0.3, -0.25) is 9.69 Å². The van der Waals surface area contributed by atoms with Gasteiger partial charge in [-0.05, 0) is 61.8 Å². The average Bonchev–Trinajstić information content (AvgIpc) is 2.90. The molecule has 1 amide bonds. The maximum absolute atomic E-state index is 12.8. The van der Waals surface area contributed by atoms with Gasteiger partial charge in [0.1, 0.15) is 0 Å². The molecule has 0 aliphatic carbocycles. The van der Waals surface area contributed by atoms with Crippen molar-refractivity contribution >= 4 is 40.6 Å². The van der Waals surface area contributed by atoms with Crippen LogP contribution < -0.4 is 15.0 Å². The smallest absolute Gasteiger partial charge is 0.446 e. The molecule has 0 atom stereocenters. The summed E-state index contributed by atoms with van der Waals surface area (Å²) in [5.41, 5.74) is -2.69. The number of amides is 1. The van der Waals surface area contributed by atoms with Crippen LogP contribution in [0.25, 0.3) is 0 Å². The molecule has 7 nitrogen and oxygen atoms in total. The summed E-state index contributed by atoms with van der Waals surface area (Å²) in [6.45, 7) is 5.92. The summed E-state index contributed by atoms with van der Waals surface area (Å²) in [6.07, 6.45) is 4.68. The molecule has 2 aliphatic rings. The molecule has 0 radical (unpaired) electrons. The molecule has 2 aliphatic heterocycles. The van der Waals surface area contributed by atoms with E-state index in [4.69, 9.17) is 16.3 Å². The number of carbonyl (C=O) groups is 1. The minimum absolute atomic E-state index is 0. The predicted molar refractivity (Wildman–Crippen MR) is 152 cm³/mol. The quantitative estimate of drug-likeness (QED) is 0.361. The molecule has 2 saturated heterocycles. The van der Waals surface area contributed by atoms with E-state index in [1.165, 1.54) is 12.1 Å². The van der Waals surface area contributed by atoms with Crippen molar-refractivity contribution in [2.75, 3.05) is 63.1 Å². The third kappa shape index (κ3) is 9.36. The van der Waals surface area contributed by atoms with Crippen LogP contribution in [0.4, 0.5) is 24.5 Å². The van der Waals surface area contributed by atoms with Crippen LogP contribution in [0.2, 0.25) is 5.02 Å². The number of anilines is 2. The second-order valence-electron chi connectivity index (χ2n) is 9.48. The highest BCUT2D eigenvalue weighted by Gasteiger charge is 2.31. The van der Waals surface area contributed by atoms with E-state index in [0.29, 0.717) is 31.1 Å². The number of carbonyl (C=O) groups excluding carboxylic acids is 1. The number of thioether (sulfide) groups is 1. The van der Waals surface area contributed by atoms with Gasteiger partial charge in [-0.15, -0.1) is 0 Å². The van der Waals surface area contributed by atoms with Crippen molar-refractivity contribution in [3.05, 3.63) is 41.6 Å². The number of nitrogens with one attached hydrogen (secondary N) is 1. The summed E-state index contributed by atoms with van der Waals surface area (Å²) in [5.74, 6) is 0.776. The van der Waals surface area contributed by atoms with Gasteiger partial charge in [0.2, 0.25) is 11.8 Å². The van der Waals surface area contributed by atoms with Crippen LogP contribution in [-0.2, 0) is 4.79 Å². The Morgan fingerprint density at radius 2 is 1.85 bits per heavy atom. The first-order chi connectivity index (χ1) is 18.2. The normalized spacial score (nSPS) is 17.1. The van der Waals surface area contributed by atoms with E-state index in [1.54, 1.807) is 13.2 Å². The van der Waals surface area contributed by atoms with Crippen LogP contribution in [0.3, 0.4) is 0 Å². The number of piperidine rings is 1. The zero-order valence-corrected chi connectivity index (χ0v) is 22.9. The fourth-order valence-electron chi connectivity index (χ4n) is 4.83. The first-order valence-electron chi connectivity index (χ1n) is 12.8. The van der Waals surface area contributed by atoms with Crippen LogP contribution in [0.5, 0.6) is 5.88 Å². The maximum atomic E-state index is 12.8. The molecule has 39 heavy (non-hydrogen) atoms. The Morgan fingerprint density at radius 3 is 2.46 bits per heavy atom. The van der Waals surface area contributed by atoms with Gasteiger partial charge in [-0.1, -0.05) is 19.0 Å². The monoisotopic (exact) mass is 587 g/mol. The van der Waals surface area contributed by atoms with Crippen LogP contribution in [0.15, 0.2) is 41.4 Å². The van der Waals surface area contributed by atoms with Crippen LogP contribution in [0, 0.1) is 0 Å². The molecule has 0 saturated carbocycles. The molecule has 2 fully saturated rings. The lowest BCUT2D eigenvalue weighted by molar-refractivity contribution is -0.132. The number of pyridine rings is 1. The molecule has 3 heterocycles. The van der Waals surface area contributed by atoms with Crippen LogP contribution >= 0.6 is 23.4 Å². The first kappa shape index (κ1) is 31.2. The number of nitrogens with zero attached hydrogens (tertiary/aromatic N) is 4. The molecule has 0 spiro atoms. The van der Waals surface area contributed by atoms with Gasteiger partial charge in [-0.2, -0.15) is 13.2 Å². The third-order valence-corrected chi connectivity index (χ3v) is 8.14. The standard InChI is InChI=1S/C26H33ClF3N5O2S.CH4/c1-37-24-7-5-21(18-31-24)34-15-13-33(14-16-34)10-2-3-25(36)35-11-8-19(9-12-35)32-20-4-6-22(27)23(17-20)38-26(28,29)30;/h4-7,17-19,32H,2-3,8-16H2,1H3;1H4. The summed E-state index contributed by atoms with van der Waals surface area (Å²) in [4.78, 5) is 23.6. The van der Waals surface area contributed by atoms with Gasteiger partial charge < -0.3 is 19.9 Å². The van der Waals surface area contributed by atoms with Gasteiger partial charge >= 0.3 is 5.51 Å². The highest BCUT2D eigenvalue weighted by atomic mass is 35.5. The van der Waals surface area contributed by atoms with E-state index >= 15 is 0 Å². The number of aromatic nitrogens is 1. The van der Waals surface area contributed by atoms with Crippen molar-refractivity contribution in [2.24, 2.45) is 0 Å². The van der Waals surface area contributed by atoms with Crippen LogP contribution in [0.1, 0.15) is 33.1 Å². The number of methoxy groups -OCH3 is 1. The van der Waals surface area contributed by atoms with Gasteiger partial charge in [0.05, 0.1) is 24.0 Å². The molecular weight excluding hydrogens is 551 g/mol. The number of alkyl halides is 3. The summed E-state index contributed by atoms with van der Waals surface area (Å²) < 4.78 is 43.4. The number of halogens is 4. The maximum Gasteiger partial charge on any atom is 0.446 e. The minimum Gasteiger partial charge on any atom is -0.481 e. The Kier molecular flexibility index (Phi) is 11.4. The SMILES string of the molecule is C.COc1ccc(N2CCN(CCCC(=O)N3CCC(Nc4ccc(Cl)c(SC(F)(F)F)c4)CC3)CC2)cn1. The van der Waals surface area contributed by atoms with Crippen molar-refractivity contribution in [1.29, 1.82) is 0 Å². The van der Waals surface area contributed by atoms with Gasteiger partial charge in [0.25, 0.3) is 0 Å². The van der Waals surface area contributed by atoms with Gasteiger partial charge in [0.15, 0.2) is 0 Å². The Morgan fingerprint density at radius 1 is 1.13 bits per heavy atom. The van der Waals surface area contributed by atoms with E-state index < -0.39 is 5.51 Å². The average molecular weight is 588 g/mol. The van der Waals surface area contributed by atoms with Gasteiger partial charge in [-0.25, -0.2) is 4.98 Å². The van der Waals surface area contributed by atoms with E-state index in [0.717, 1.165) is 57.7 Å². The topological polar surface area (TPSA) is 60.9 Å². The Bertz CT molecular complexity index is 1060. The number of ether oxygens (including phenoxy) is 1. The number of hydrogen-bond acceptors (Lipinski definition) is 7. The second-order valence-corrected chi connectivity index (χ2v) is 11.0. The van der Waals surface area contributed by atoms with Gasteiger partial charge in [0, 0.05) is 68.4 Å². The van der Waals surface area contributed by atoms with E-state index in [2.05, 4.69) is 20.1 Å². The third-order valence-electron chi connectivity index (χ3n) is 6.91. The summed E-state index contributed by atoms with van der Waals surface area (Å²) >= 11 is 5.72. The van der Waals surface area contributed by atoms with E-state index in [9.17, 15) is 18.0 Å². The van der Waals surface area contributed by atoms with Crippen LogP contribution in [-0.4, -0.2) is 85.2 Å². The molecule has 0 unspecified atom stereocenters. The summed E-state index contributed by atoms with van der Waals surface area (Å²) in [7, 11) is 1.61. The lowest BCUT2D eigenvalue weighted by Crippen LogP contribution is -2.47. The number of piperazine rings is 1. The molecule has 0 bridgehead atoms. The Hall–Kier alpha value is -2.37. The highest BCUT2D eigenvalue weighted by molar-refractivity contribution is 8.00. The Labute approximate surface area is 238 Å². The fraction of sp³-hybridized carbons (Fsp3) is 0.556. The number of benzene rings is 1. The molecule has 4 rings (SSSR count). The molecular formula is C27H37ClF3N5O2S. The second kappa shape index (κ2) is 14.3. The summed E-state index contributed by atoms with van der Waals surface area (Å²) in [6, 6.07) is 8.60. The minimum atomic E-state index is -4.39. The lowest BCUT2D eigenvalue weighted by atomic mass is 10.0. The molecule has 1 aromatic heterocycles. The molecule has 12 heteroatoms. The van der Waals surface area contributed by atoms with Crippen molar-refractivity contribution in [1.82, 2.24) is 14.8 Å². The molecule has 2 aromatic rings. The molecule has 216 valence electrons. The zero-order chi connectivity index (χ0) is 27.1. The van der Waals surface area contributed by atoms with Crippen molar-refractivity contribution in [3.8, 4) is 5.88 Å². The highest BCUT2D eigenvalue weighted by Crippen LogP contribution is 2.41. The van der Waals surface area contributed by atoms with E-state index in [-0.39, 0.29) is 41.1 Å². The number of hydrogen-bond donors (Lipinski definition) is 1. The number of likely N-dealkylation sites (tertiary alicyclic amines) is 1. The van der Waals surface area contributed by atoms with E-state index in [1.807, 2.05) is 23.2 Å². The first-order valence-corrected chi connectivity index (χ1v) is 14.0. The van der Waals surface area contributed by atoms with Crippen molar-refractivity contribution < 1.29 is 22.7 Å². The predicted octanol–water partition coefficient (Wildman–Crippen LogP) is 6.00. The largest absolute Gasteiger partial charge is 0.481 e.